The molecule has 0 spiro atoms. The van der Waals surface area contributed by atoms with Crippen LogP contribution in [0.4, 0.5) is 4.79 Å². The highest BCUT2D eigenvalue weighted by molar-refractivity contribution is 8.13. The second-order valence-electron chi connectivity index (χ2n) is 9.37. The second kappa shape index (κ2) is 12.8. The fourth-order valence-electron chi connectivity index (χ4n) is 3.69. The van der Waals surface area contributed by atoms with E-state index >= 15 is 0 Å². The average molecular weight is 493 g/mol. The number of carbonyl (C=O) groups excluding carboxylic acids is 4. The highest BCUT2D eigenvalue weighted by atomic mass is 32.2. The van der Waals surface area contributed by atoms with Gasteiger partial charge in [-0.05, 0) is 57.9 Å². The summed E-state index contributed by atoms with van der Waals surface area (Å²) >= 11 is 0.957. The van der Waals surface area contributed by atoms with Crippen molar-refractivity contribution in [3.63, 3.8) is 0 Å². The van der Waals surface area contributed by atoms with E-state index in [1.807, 2.05) is 30.3 Å². The van der Waals surface area contributed by atoms with E-state index in [-0.39, 0.29) is 30.6 Å². The molecule has 188 valence electrons. The summed E-state index contributed by atoms with van der Waals surface area (Å²) in [5, 5.41) is 2.42. The summed E-state index contributed by atoms with van der Waals surface area (Å²) in [5.74, 6) is -1.25. The fourth-order valence-corrected chi connectivity index (χ4v) is 4.42. The van der Waals surface area contributed by atoms with Crippen molar-refractivity contribution in [3.8, 4) is 0 Å². The largest absolute Gasteiger partial charge is 0.458 e. The van der Waals surface area contributed by atoms with Crippen LogP contribution in [0.1, 0.15) is 53.0 Å². The Bertz CT molecular complexity index is 855. The third-order valence-electron chi connectivity index (χ3n) is 5.26. The zero-order chi connectivity index (χ0) is 25.3. The number of nitrogens with zero attached hydrogens (tertiary/aromatic N) is 1. The topological polar surface area (TPSA) is 102 Å². The third kappa shape index (κ3) is 8.66. The molecule has 0 radical (unpaired) electrons. The molecule has 1 aliphatic heterocycles. The lowest BCUT2D eigenvalue weighted by molar-refractivity contribution is -0.159. The van der Waals surface area contributed by atoms with E-state index in [9.17, 15) is 19.2 Å². The number of likely N-dealkylation sites (tertiary alicyclic amines) is 1. The quantitative estimate of drug-likeness (QED) is 0.526. The number of nitrogens with one attached hydrogen (secondary N) is 1. The van der Waals surface area contributed by atoms with Crippen LogP contribution in [-0.4, -0.2) is 64.6 Å². The number of ether oxygens (including phenoxy) is 2. The Hall–Kier alpha value is -2.55. The van der Waals surface area contributed by atoms with Crippen molar-refractivity contribution in [1.29, 1.82) is 0 Å². The molecule has 1 fully saturated rings. The van der Waals surface area contributed by atoms with Crippen LogP contribution >= 0.6 is 11.8 Å². The van der Waals surface area contributed by atoms with E-state index in [2.05, 4.69) is 5.32 Å². The van der Waals surface area contributed by atoms with Gasteiger partial charge in [0.2, 0.25) is 11.8 Å². The molecule has 1 unspecified atom stereocenters. The highest BCUT2D eigenvalue weighted by Gasteiger charge is 2.38. The molecule has 34 heavy (non-hydrogen) atoms. The van der Waals surface area contributed by atoms with Crippen molar-refractivity contribution in [1.82, 2.24) is 10.2 Å². The Balaban J connectivity index is 2.07. The summed E-state index contributed by atoms with van der Waals surface area (Å²) in [6.45, 7) is 9.53. The summed E-state index contributed by atoms with van der Waals surface area (Å²) in [4.78, 5) is 52.3. The van der Waals surface area contributed by atoms with Gasteiger partial charge in [0.1, 0.15) is 17.7 Å². The molecule has 1 aromatic rings. The predicted octanol–water partition coefficient (Wildman–Crippen LogP) is 3.57. The zero-order valence-corrected chi connectivity index (χ0v) is 21.5. The Kier molecular flexibility index (Phi) is 10.4. The SMILES string of the molecule is CCOC(=O)SCC(C)C(=O)N1CCC[C@H]1C(=O)N[C@@H](Cc1ccccc1)C(=O)OC(C)(C)C. The zero-order valence-electron chi connectivity index (χ0n) is 20.7. The van der Waals surface area contributed by atoms with Crippen LogP contribution in [0, 0.1) is 5.92 Å². The smallest absolute Gasteiger partial charge is 0.367 e. The minimum Gasteiger partial charge on any atom is -0.458 e. The Morgan fingerprint density at radius 1 is 1.18 bits per heavy atom. The van der Waals surface area contributed by atoms with Crippen LogP contribution in [0.15, 0.2) is 30.3 Å². The van der Waals surface area contributed by atoms with E-state index in [1.165, 1.54) is 0 Å². The number of esters is 1. The number of carbonyl (C=O) groups is 4. The summed E-state index contributed by atoms with van der Waals surface area (Å²) in [6.07, 6.45) is 1.49. The van der Waals surface area contributed by atoms with Gasteiger partial charge in [0.15, 0.2) is 0 Å². The third-order valence-corrected chi connectivity index (χ3v) is 6.28. The van der Waals surface area contributed by atoms with Gasteiger partial charge in [-0.3, -0.25) is 9.59 Å². The van der Waals surface area contributed by atoms with Gasteiger partial charge < -0.3 is 19.7 Å². The molecule has 1 aromatic carbocycles. The molecular weight excluding hydrogens is 456 g/mol. The molecule has 9 heteroatoms. The van der Waals surface area contributed by atoms with Crippen LogP contribution in [-0.2, 0) is 30.3 Å². The molecular formula is C25H36N2O6S. The van der Waals surface area contributed by atoms with Crippen LogP contribution in [0.3, 0.4) is 0 Å². The number of rotatable bonds is 9. The molecule has 1 aliphatic rings. The molecule has 2 rings (SSSR count). The van der Waals surface area contributed by atoms with Gasteiger partial charge in [-0.1, -0.05) is 37.3 Å². The van der Waals surface area contributed by atoms with Crippen molar-refractivity contribution in [2.75, 3.05) is 18.9 Å². The Morgan fingerprint density at radius 2 is 1.85 bits per heavy atom. The molecule has 2 amide bonds. The van der Waals surface area contributed by atoms with Crippen LogP contribution in [0.2, 0.25) is 0 Å². The molecule has 0 aliphatic carbocycles. The van der Waals surface area contributed by atoms with Gasteiger partial charge in [0.25, 0.3) is 0 Å². The summed E-state index contributed by atoms with van der Waals surface area (Å²) in [5.41, 5.74) is 0.195. The number of benzene rings is 1. The average Bonchev–Trinajstić information content (AvgIpc) is 3.26. The molecule has 1 heterocycles. The van der Waals surface area contributed by atoms with Crippen LogP contribution in [0.25, 0.3) is 0 Å². The van der Waals surface area contributed by atoms with E-state index in [0.29, 0.717) is 19.4 Å². The second-order valence-corrected chi connectivity index (χ2v) is 10.3. The Morgan fingerprint density at radius 3 is 2.47 bits per heavy atom. The maximum absolute atomic E-state index is 13.2. The number of hydrogen-bond donors (Lipinski definition) is 1. The van der Waals surface area contributed by atoms with Gasteiger partial charge in [-0.15, -0.1) is 0 Å². The number of thioether (sulfide) groups is 1. The molecule has 3 atom stereocenters. The van der Waals surface area contributed by atoms with Crippen LogP contribution < -0.4 is 5.32 Å². The lowest BCUT2D eigenvalue weighted by Gasteiger charge is -2.29. The predicted molar refractivity (Wildman–Crippen MR) is 131 cm³/mol. The molecule has 0 saturated carbocycles. The van der Waals surface area contributed by atoms with Crippen molar-refractivity contribution < 1.29 is 28.7 Å². The van der Waals surface area contributed by atoms with Crippen molar-refractivity contribution in [3.05, 3.63) is 35.9 Å². The summed E-state index contributed by atoms with van der Waals surface area (Å²) < 4.78 is 10.4. The molecule has 1 N–H and O–H groups in total. The van der Waals surface area contributed by atoms with Gasteiger partial charge in [0, 0.05) is 24.6 Å². The standard InChI is InChI=1S/C25H36N2O6S/c1-6-32-24(31)34-16-17(2)22(29)27-14-10-13-20(27)21(28)26-19(23(30)33-25(3,4)5)15-18-11-8-7-9-12-18/h7-9,11-12,17,19-20H,6,10,13-16H2,1-5H3,(H,26,28)/t17?,19-,20-/m0/s1. The van der Waals surface area contributed by atoms with Crippen molar-refractivity contribution in [2.24, 2.45) is 5.92 Å². The monoisotopic (exact) mass is 492 g/mol. The lowest BCUT2D eigenvalue weighted by atomic mass is 10.0. The van der Waals surface area contributed by atoms with E-state index in [0.717, 1.165) is 17.3 Å². The fraction of sp³-hybridized carbons (Fsp3) is 0.600. The first-order valence-corrected chi connectivity index (χ1v) is 12.7. The van der Waals surface area contributed by atoms with Crippen LogP contribution in [0.5, 0.6) is 0 Å². The normalized spacial score (nSPS) is 17.6. The maximum Gasteiger partial charge on any atom is 0.367 e. The van der Waals surface area contributed by atoms with Crippen molar-refractivity contribution >= 4 is 34.8 Å². The lowest BCUT2D eigenvalue weighted by Crippen LogP contribution is -2.53. The van der Waals surface area contributed by atoms with E-state index in [1.54, 1.807) is 39.5 Å². The van der Waals surface area contributed by atoms with Gasteiger partial charge in [-0.2, -0.15) is 0 Å². The molecule has 0 aromatic heterocycles. The van der Waals surface area contributed by atoms with E-state index < -0.39 is 34.9 Å². The summed E-state index contributed by atoms with van der Waals surface area (Å²) in [7, 11) is 0. The minimum atomic E-state index is -0.872. The summed E-state index contributed by atoms with van der Waals surface area (Å²) in [6, 6.07) is 7.86. The molecule has 1 saturated heterocycles. The van der Waals surface area contributed by atoms with Crippen molar-refractivity contribution in [2.45, 2.75) is 71.6 Å². The molecule has 8 nitrogen and oxygen atoms in total. The highest BCUT2D eigenvalue weighted by Crippen LogP contribution is 2.23. The minimum absolute atomic E-state index is 0.189. The number of amides is 2. The van der Waals surface area contributed by atoms with Gasteiger partial charge in [-0.25, -0.2) is 9.59 Å². The van der Waals surface area contributed by atoms with Gasteiger partial charge >= 0.3 is 11.3 Å². The van der Waals surface area contributed by atoms with E-state index in [4.69, 9.17) is 9.47 Å². The molecule has 0 bridgehead atoms. The first-order valence-electron chi connectivity index (χ1n) is 11.7. The maximum atomic E-state index is 13.2. The number of hydrogen-bond acceptors (Lipinski definition) is 7. The first kappa shape index (κ1) is 27.7. The first-order chi connectivity index (χ1) is 16.0. The van der Waals surface area contributed by atoms with Gasteiger partial charge in [0.05, 0.1) is 6.61 Å². The Labute approximate surface area is 206 Å².